The molecule has 0 saturated carbocycles. The molecule has 0 saturated heterocycles. The molecule has 0 aromatic heterocycles. The molecular formula is C12H18BrNO3S. The third-order valence-electron chi connectivity index (χ3n) is 2.56. The predicted octanol–water partition coefficient (Wildman–Crippen LogP) is 2.54. The number of hydrogen-bond acceptors (Lipinski definition) is 3. The quantitative estimate of drug-likeness (QED) is 0.779. The average molecular weight is 336 g/mol. The first-order valence-corrected chi connectivity index (χ1v) is 8.17. The molecule has 1 N–H and O–H groups in total. The predicted molar refractivity (Wildman–Crippen MR) is 75.8 cm³/mol. The van der Waals surface area contributed by atoms with Crippen molar-refractivity contribution in [1.82, 2.24) is 4.72 Å². The molecule has 0 radical (unpaired) electrons. The van der Waals surface area contributed by atoms with Crippen molar-refractivity contribution in [2.24, 2.45) is 0 Å². The maximum Gasteiger partial charge on any atom is 0.240 e. The maximum atomic E-state index is 11.9. The van der Waals surface area contributed by atoms with E-state index < -0.39 is 10.0 Å². The first-order valence-electron chi connectivity index (χ1n) is 5.77. The van der Waals surface area contributed by atoms with E-state index in [1.165, 1.54) is 12.1 Å². The molecule has 6 heteroatoms. The van der Waals surface area contributed by atoms with Crippen molar-refractivity contribution in [1.29, 1.82) is 0 Å². The van der Waals surface area contributed by atoms with E-state index in [-0.39, 0.29) is 4.90 Å². The zero-order chi connectivity index (χ0) is 13.6. The van der Waals surface area contributed by atoms with Crippen LogP contribution in [0.2, 0.25) is 0 Å². The molecule has 0 aliphatic heterocycles. The van der Waals surface area contributed by atoms with E-state index in [1.807, 2.05) is 0 Å². The summed E-state index contributed by atoms with van der Waals surface area (Å²) >= 11 is 3.47. The van der Waals surface area contributed by atoms with Gasteiger partial charge in [-0.2, -0.15) is 0 Å². The SMILES string of the molecule is CCC(Br)CCNS(=O)(=O)c1ccc(OC)cc1. The summed E-state index contributed by atoms with van der Waals surface area (Å²) in [6.45, 7) is 2.48. The van der Waals surface area contributed by atoms with Crippen molar-refractivity contribution in [3.05, 3.63) is 24.3 Å². The molecule has 0 aliphatic carbocycles. The lowest BCUT2D eigenvalue weighted by Crippen LogP contribution is -2.26. The highest BCUT2D eigenvalue weighted by Gasteiger charge is 2.13. The molecule has 0 aliphatic rings. The van der Waals surface area contributed by atoms with Gasteiger partial charge in [0.05, 0.1) is 12.0 Å². The van der Waals surface area contributed by atoms with Gasteiger partial charge in [-0.3, -0.25) is 0 Å². The van der Waals surface area contributed by atoms with Gasteiger partial charge in [-0.05, 0) is 37.1 Å². The number of alkyl halides is 1. The monoisotopic (exact) mass is 335 g/mol. The Balaban J connectivity index is 2.62. The van der Waals surface area contributed by atoms with Gasteiger partial charge in [-0.15, -0.1) is 0 Å². The van der Waals surface area contributed by atoms with Gasteiger partial charge in [0.2, 0.25) is 10.0 Å². The second-order valence-electron chi connectivity index (χ2n) is 3.87. The number of sulfonamides is 1. The number of halogens is 1. The van der Waals surface area contributed by atoms with Crippen LogP contribution in [-0.2, 0) is 10.0 Å². The van der Waals surface area contributed by atoms with Crippen molar-refractivity contribution in [3.8, 4) is 5.75 Å². The lowest BCUT2D eigenvalue weighted by molar-refractivity contribution is 0.414. The van der Waals surface area contributed by atoms with E-state index in [1.54, 1.807) is 19.2 Å². The van der Waals surface area contributed by atoms with Crippen molar-refractivity contribution in [3.63, 3.8) is 0 Å². The average Bonchev–Trinajstić information content (AvgIpc) is 2.38. The Morgan fingerprint density at radius 2 is 1.94 bits per heavy atom. The summed E-state index contributed by atoms with van der Waals surface area (Å²) in [5, 5.41) is 0. The minimum atomic E-state index is -3.42. The van der Waals surface area contributed by atoms with Gasteiger partial charge in [-0.25, -0.2) is 13.1 Å². The maximum absolute atomic E-state index is 11.9. The molecule has 1 unspecified atom stereocenters. The summed E-state index contributed by atoms with van der Waals surface area (Å²) in [5.41, 5.74) is 0. The molecular weight excluding hydrogens is 318 g/mol. The van der Waals surface area contributed by atoms with E-state index in [2.05, 4.69) is 27.6 Å². The number of hydrogen-bond donors (Lipinski definition) is 1. The summed E-state index contributed by atoms with van der Waals surface area (Å²) in [4.78, 5) is 0.599. The summed E-state index contributed by atoms with van der Waals surface area (Å²) in [5.74, 6) is 0.639. The van der Waals surface area contributed by atoms with Crippen LogP contribution in [0.3, 0.4) is 0 Å². The largest absolute Gasteiger partial charge is 0.497 e. The third kappa shape index (κ3) is 4.59. The molecule has 0 spiro atoms. The van der Waals surface area contributed by atoms with Gasteiger partial charge < -0.3 is 4.74 Å². The highest BCUT2D eigenvalue weighted by Crippen LogP contribution is 2.15. The molecule has 18 heavy (non-hydrogen) atoms. The Morgan fingerprint density at radius 1 is 1.33 bits per heavy atom. The van der Waals surface area contributed by atoms with E-state index in [4.69, 9.17) is 4.74 Å². The lowest BCUT2D eigenvalue weighted by atomic mass is 10.2. The number of ether oxygens (including phenoxy) is 1. The molecule has 0 amide bonds. The summed E-state index contributed by atoms with van der Waals surface area (Å²) < 4.78 is 31.4. The van der Waals surface area contributed by atoms with Crippen LogP contribution in [0, 0.1) is 0 Å². The molecule has 0 heterocycles. The molecule has 1 atom stereocenters. The molecule has 0 fully saturated rings. The van der Waals surface area contributed by atoms with Crippen LogP contribution in [0.5, 0.6) is 5.75 Å². The second-order valence-corrected chi connectivity index (χ2v) is 6.93. The molecule has 1 aromatic rings. The number of methoxy groups -OCH3 is 1. The van der Waals surface area contributed by atoms with Crippen LogP contribution in [0.4, 0.5) is 0 Å². The molecule has 102 valence electrons. The number of nitrogens with one attached hydrogen (secondary N) is 1. The standard InChI is InChI=1S/C12H18BrNO3S/c1-3-10(13)8-9-14-18(15,16)12-6-4-11(17-2)5-7-12/h4-7,10,14H,3,8-9H2,1-2H3. The van der Waals surface area contributed by atoms with Crippen molar-refractivity contribution >= 4 is 26.0 Å². The van der Waals surface area contributed by atoms with Crippen LogP contribution in [0.25, 0.3) is 0 Å². The minimum Gasteiger partial charge on any atom is -0.497 e. The summed E-state index contributed by atoms with van der Waals surface area (Å²) in [6, 6.07) is 6.33. The first-order chi connectivity index (χ1) is 8.49. The van der Waals surface area contributed by atoms with E-state index in [0.29, 0.717) is 17.1 Å². The van der Waals surface area contributed by atoms with Crippen LogP contribution in [-0.4, -0.2) is 26.9 Å². The van der Waals surface area contributed by atoms with Crippen LogP contribution in [0.1, 0.15) is 19.8 Å². The highest BCUT2D eigenvalue weighted by molar-refractivity contribution is 9.09. The molecule has 1 rings (SSSR count). The fourth-order valence-corrected chi connectivity index (χ4v) is 2.67. The fraction of sp³-hybridized carbons (Fsp3) is 0.500. The zero-order valence-electron chi connectivity index (χ0n) is 10.5. The number of benzene rings is 1. The zero-order valence-corrected chi connectivity index (χ0v) is 12.9. The van der Waals surface area contributed by atoms with Crippen molar-refractivity contribution < 1.29 is 13.2 Å². The van der Waals surface area contributed by atoms with E-state index >= 15 is 0 Å². The minimum absolute atomic E-state index is 0.255. The Labute approximate surface area is 117 Å². The summed E-state index contributed by atoms with van der Waals surface area (Å²) in [6.07, 6.45) is 1.75. The smallest absolute Gasteiger partial charge is 0.240 e. The normalized spacial score (nSPS) is 13.3. The van der Waals surface area contributed by atoms with Crippen LogP contribution < -0.4 is 9.46 Å². The van der Waals surface area contributed by atoms with Gasteiger partial charge >= 0.3 is 0 Å². The Kier molecular flexibility index (Phi) is 6.11. The first kappa shape index (κ1) is 15.5. The third-order valence-corrected chi connectivity index (χ3v) is 5.14. The van der Waals surface area contributed by atoms with E-state index in [0.717, 1.165) is 12.8 Å². The molecule has 4 nitrogen and oxygen atoms in total. The molecule has 1 aromatic carbocycles. The summed E-state index contributed by atoms with van der Waals surface area (Å²) in [7, 11) is -1.87. The topological polar surface area (TPSA) is 55.4 Å². The van der Waals surface area contributed by atoms with Gasteiger partial charge in [0.15, 0.2) is 0 Å². The van der Waals surface area contributed by atoms with Gasteiger partial charge in [0.25, 0.3) is 0 Å². The number of rotatable bonds is 7. The van der Waals surface area contributed by atoms with E-state index in [9.17, 15) is 8.42 Å². The lowest BCUT2D eigenvalue weighted by Gasteiger charge is -2.09. The Bertz CT molecular complexity index is 459. The van der Waals surface area contributed by atoms with Gasteiger partial charge in [0, 0.05) is 11.4 Å². The molecule has 0 bridgehead atoms. The van der Waals surface area contributed by atoms with Crippen LogP contribution >= 0.6 is 15.9 Å². The second kappa shape index (κ2) is 7.11. The van der Waals surface area contributed by atoms with Crippen LogP contribution in [0.15, 0.2) is 29.2 Å². The van der Waals surface area contributed by atoms with Crippen molar-refractivity contribution in [2.75, 3.05) is 13.7 Å². The Morgan fingerprint density at radius 3 is 2.44 bits per heavy atom. The van der Waals surface area contributed by atoms with Gasteiger partial charge in [-0.1, -0.05) is 22.9 Å². The van der Waals surface area contributed by atoms with Gasteiger partial charge in [0.1, 0.15) is 5.75 Å². The fourth-order valence-electron chi connectivity index (χ4n) is 1.39. The van der Waals surface area contributed by atoms with Crippen molar-refractivity contribution in [2.45, 2.75) is 29.5 Å². The highest BCUT2D eigenvalue weighted by atomic mass is 79.9. The Hall–Kier alpha value is -0.590.